The molecule has 0 amide bonds. The molecule has 0 radical (unpaired) electrons. The van der Waals surface area contributed by atoms with Crippen LogP contribution in [-0.2, 0) is 20.5 Å². The van der Waals surface area contributed by atoms with E-state index in [0.29, 0.717) is 48.8 Å². The van der Waals surface area contributed by atoms with Gasteiger partial charge in [0.1, 0.15) is 4.90 Å². The Labute approximate surface area is 151 Å². The predicted octanol–water partition coefficient (Wildman–Crippen LogP) is 1.90. The maximum atomic E-state index is 12.5. The zero-order chi connectivity index (χ0) is 17.9. The van der Waals surface area contributed by atoms with Gasteiger partial charge in [-0.05, 0) is 12.1 Å². The first-order chi connectivity index (χ1) is 12.0. The third-order valence-electron chi connectivity index (χ3n) is 3.66. The largest absolute Gasteiger partial charge is 0.379 e. The van der Waals surface area contributed by atoms with E-state index in [9.17, 15) is 8.42 Å². The molecule has 0 saturated carbocycles. The number of morpholine rings is 1. The minimum atomic E-state index is -3.51. The van der Waals surface area contributed by atoms with Crippen LogP contribution in [0.15, 0.2) is 32.8 Å². The third kappa shape index (κ3) is 4.38. The van der Waals surface area contributed by atoms with Crippen LogP contribution in [0.1, 0.15) is 31.5 Å². The van der Waals surface area contributed by atoms with Gasteiger partial charge >= 0.3 is 0 Å². The molecule has 0 atom stereocenters. The average molecular weight is 384 g/mol. The van der Waals surface area contributed by atoms with E-state index in [-0.39, 0.29) is 10.8 Å². The van der Waals surface area contributed by atoms with Gasteiger partial charge in [-0.3, -0.25) is 0 Å². The summed E-state index contributed by atoms with van der Waals surface area (Å²) in [4.78, 5) is 8.73. The van der Waals surface area contributed by atoms with Gasteiger partial charge in [0.25, 0.3) is 0 Å². The highest BCUT2D eigenvalue weighted by Crippen LogP contribution is 2.23. The van der Waals surface area contributed by atoms with E-state index in [1.807, 2.05) is 13.8 Å². The van der Waals surface area contributed by atoms with Crippen molar-refractivity contribution in [3.05, 3.63) is 30.0 Å². The van der Waals surface area contributed by atoms with Crippen LogP contribution in [0.25, 0.3) is 0 Å². The first-order valence-corrected chi connectivity index (χ1v) is 10.4. The fraction of sp³-hybridized carbons (Fsp3) is 0.533. The molecule has 0 bridgehead atoms. The van der Waals surface area contributed by atoms with Crippen LogP contribution in [-0.4, -0.2) is 54.2 Å². The molecule has 1 aliphatic rings. The second-order valence-corrected chi connectivity index (χ2v) is 8.77. The molecule has 1 fully saturated rings. The number of ether oxygens (including phenoxy) is 1. The van der Waals surface area contributed by atoms with Crippen molar-refractivity contribution in [1.82, 2.24) is 19.4 Å². The van der Waals surface area contributed by atoms with Gasteiger partial charge in [0.2, 0.25) is 15.9 Å². The number of pyridine rings is 1. The quantitative estimate of drug-likeness (QED) is 0.697. The Morgan fingerprint density at radius 1 is 1.28 bits per heavy atom. The van der Waals surface area contributed by atoms with Gasteiger partial charge in [-0.1, -0.05) is 30.8 Å². The van der Waals surface area contributed by atoms with Gasteiger partial charge in [0.15, 0.2) is 5.82 Å². The Kier molecular flexibility index (Phi) is 5.72. The number of hydrogen-bond donors (Lipinski definition) is 0. The van der Waals surface area contributed by atoms with Crippen molar-refractivity contribution in [2.75, 3.05) is 26.3 Å². The molecule has 0 N–H and O–H groups in total. The van der Waals surface area contributed by atoms with E-state index in [1.165, 1.54) is 22.3 Å². The van der Waals surface area contributed by atoms with Gasteiger partial charge in [0, 0.05) is 25.2 Å². The topological polar surface area (TPSA) is 98.4 Å². The number of aromatic nitrogens is 3. The van der Waals surface area contributed by atoms with Crippen LogP contribution in [0.4, 0.5) is 0 Å². The first-order valence-electron chi connectivity index (χ1n) is 7.96. The normalized spacial score (nSPS) is 16.4. The van der Waals surface area contributed by atoms with Crippen molar-refractivity contribution in [2.24, 2.45) is 0 Å². The SMILES string of the molecule is CC(C)c1noc(CSc2ccc(S(=O)(=O)N3CCOCC3)cn2)n1. The second kappa shape index (κ2) is 7.81. The molecule has 1 saturated heterocycles. The highest BCUT2D eigenvalue weighted by molar-refractivity contribution is 7.98. The van der Waals surface area contributed by atoms with Gasteiger partial charge in [-0.15, -0.1) is 0 Å². The van der Waals surface area contributed by atoms with Gasteiger partial charge in [-0.2, -0.15) is 9.29 Å². The van der Waals surface area contributed by atoms with E-state index >= 15 is 0 Å². The lowest BCUT2D eigenvalue weighted by Crippen LogP contribution is -2.40. The summed E-state index contributed by atoms with van der Waals surface area (Å²) in [6.07, 6.45) is 1.39. The molecule has 25 heavy (non-hydrogen) atoms. The lowest BCUT2D eigenvalue weighted by Gasteiger charge is -2.25. The molecule has 8 nitrogen and oxygen atoms in total. The molecule has 136 valence electrons. The zero-order valence-corrected chi connectivity index (χ0v) is 15.7. The number of rotatable bonds is 6. The summed E-state index contributed by atoms with van der Waals surface area (Å²) in [6, 6.07) is 3.27. The van der Waals surface area contributed by atoms with Crippen molar-refractivity contribution in [2.45, 2.75) is 35.4 Å². The van der Waals surface area contributed by atoms with Crippen molar-refractivity contribution in [3.63, 3.8) is 0 Å². The van der Waals surface area contributed by atoms with Crippen molar-refractivity contribution in [1.29, 1.82) is 0 Å². The average Bonchev–Trinajstić information content (AvgIpc) is 3.10. The summed E-state index contributed by atoms with van der Waals surface area (Å²) in [6.45, 7) is 5.57. The Morgan fingerprint density at radius 2 is 2.04 bits per heavy atom. The van der Waals surface area contributed by atoms with Crippen molar-refractivity contribution in [3.8, 4) is 0 Å². The smallest absolute Gasteiger partial charge is 0.244 e. The predicted molar refractivity (Wildman–Crippen MR) is 91.8 cm³/mol. The standard InChI is InChI=1S/C15H20N4O4S2/c1-11(2)15-17-13(23-18-15)10-24-14-4-3-12(9-16-14)25(20,21)19-5-7-22-8-6-19/h3-4,9,11H,5-8,10H2,1-2H3. The summed E-state index contributed by atoms with van der Waals surface area (Å²) in [5.41, 5.74) is 0. The highest BCUT2D eigenvalue weighted by atomic mass is 32.2. The van der Waals surface area contributed by atoms with Crippen LogP contribution in [0, 0.1) is 0 Å². The van der Waals surface area contributed by atoms with E-state index in [0.717, 1.165) is 0 Å². The molecular weight excluding hydrogens is 364 g/mol. The summed E-state index contributed by atoms with van der Waals surface area (Å²) >= 11 is 1.42. The Morgan fingerprint density at radius 3 is 2.64 bits per heavy atom. The number of hydrogen-bond acceptors (Lipinski definition) is 8. The second-order valence-electron chi connectivity index (χ2n) is 5.84. The van der Waals surface area contributed by atoms with Crippen LogP contribution in [0.3, 0.4) is 0 Å². The minimum absolute atomic E-state index is 0.193. The molecule has 1 aliphatic heterocycles. The third-order valence-corrected chi connectivity index (χ3v) is 6.47. The fourth-order valence-corrected chi connectivity index (χ4v) is 4.27. The Balaban J connectivity index is 1.63. The van der Waals surface area contributed by atoms with Gasteiger partial charge in [0.05, 0.1) is 24.0 Å². The van der Waals surface area contributed by atoms with E-state index in [2.05, 4.69) is 15.1 Å². The number of sulfonamides is 1. The first kappa shape index (κ1) is 18.3. The lowest BCUT2D eigenvalue weighted by atomic mass is 10.2. The van der Waals surface area contributed by atoms with E-state index in [4.69, 9.17) is 9.26 Å². The fourth-order valence-electron chi connectivity index (χ4n) is 2.24. The van der Waals surface area contributed by atoms with E-state index < -0.39 is 10.0 Å². The molecule has 3 heterocycles. The number of thioether (sulfide) groups is 1. The summed E-state index contributed by atoms with van der Waals surface area (Å²) < 4.78 is 36.9. The van der Waals surface area contributed by atoms with Crippen LogP contribution >= 0.6 is 11.8 Å². The molecule has 0 spiro atoms. The maximum Gasteiger partial charge on any atom is 0.244 e. The Bertz CT molecular complexity index is 799. The molecule has 10 heteroatoms. The number of nitrogens with zero attached hydrogens (tertiary/aromatic N) is 4. The van der Waals surface area contributed by atoms with Crippen LogP contribution in [0.5, 0.6) is 0 Å². The Hall–Kier alpha value is -1.49. The summed E-state index contributed by atoms with van der Waals surface area (Å²) in [5.74, 6) is 1.91. The maximum absolute atomic E-state index is 12.5. The highest BCUT2D eigenvalue weighted by Gasteiger charge is 2.26. The van der Waals surface area contributed by atoms with Crippen LogP contribution in [0.2, 0.25) is 0 Å². The minimum Gasteiger partial charge on any atom is -0.379 e. The van der Waals surface area contributed by atoms with E-state index in [1.54, 1.807) is 12.1 Å². The van der Waals surface area contributed by atoms with Gasteiger partial charge < -0.3 is 9.26 Å². The molecule has 3 rings (SSSR count). The molecule has 0 unspecified atom stereocenters. The molecule has 0 aliphatic carbocycles. The summed E-state index contributed by atoms with van der Waals surface area (Å²) in [7, 11) is -3.51. The lowest BCUT2D eigenvalue weighted by molar-refractivity contribution is 0.0730. The molecule has 2 aromatic rings. The zero-order valence-electron chi connectivity index (χ0n) is 14.1. The van der Waals surface area contributed by atoms with Crippen LogP contribution < -0.4 is 0 Å². The van der Waals surface area contributed by atoms with Crippen molar-refractivity contribution < 1.29 is 17.7 Å². The molecular formula is C15H20N4O4S2. The molecule has 2 aromatic heterocycles. The van der Waals surface area contributed by atoms with Crippen molar-refractivity contribution >= 4 is 21.8 Å². The van der Waals surface area contributed by atoms with Gasteiger partial charge in [-0.25, -0.2) is 13.4 Å². The summed E-state index contributed by atoms with van der Waals surface area (Å²) in [5, 5.41) is 4.61. The molecule has 0 aromatic carbocycles. The monoisotopic (exact) mass is 384 g/mol.